The smallest absolute Gasteiger partial charge is 0.305 e. The minimum Gasteiger partial charge on any atom is -0.469 e. The van der Waals surface area contributed by atoms with Crippen molar-refractivity contribution in [3.8, 4) is 0 Å². The van der Waals surface area contributed by atoms with E-state index in [1.807, 2.05) is 0 Å². The molecule has 0 aromatic heterocycles. The maximum Gasteiger partial charge on any atom is 0.305 e. The predicted octanol–water partition coefficient (Wildman–Crippen LogP) is 9.62. The summed E-state index contributed by atoms with van der Waals surface area (Å²) in [5.74, 6) is 0.292. The molecule has 0 saturated heterocycles. The Morgan fingerprint density at radius 2 is 1.52 bits per heavy atom. The summed E-state index contributed by atoms with van der Waals surface area (Å²) in [7, 11) is -2.53. The van der Waals surface area contributed by atoms with Gasteiger partial charge in [-0.1, -0.05) is 99.1 Å². The summed E-state index contributed by atoms with van der Waals surface area (Å²) in [6, 6.07) is 0. The maximum atomic E-state index is 13.4. The number of ether oxygens (including phenoxy) is 1. The van der Waals surface area contributed by atoms with E-state index in [9.17, 15) is 9.59 Å². The third-order valence-corrected chi connectivity index (χ3v) is 18.7. The normalized spacial score (nSPS) is 21.8. The number of rotatable bonds is 17. The van der Waals surface area contributed by atoms with Crippen LogP contribution in [0.3, 0.4) is 0 Å². The molecule has 0 N–H and O–H groups in total. The number of unbranched alkanes of at least 4 members (excludes halogenated alkanes) is 5. The lowest BCUT2D eigenvalue weighted by atomic mass is 9.88. The average molecular weight is 597 g/mol. The molecule has 0 radical (unpaired) electrons. The van der Waals surface area contributed by atoms with E-state index in [1.165, 1.54) is 20.0 Å². The van der Waals surface area contributed by atoms with Crippen LogP contribution in [0, 0.1) is 11.8 Å². The first-order valence-corrected chi connectivity index (χ1v) is 21.8. The van der Waals surface area contributed by atoms with Crippen molar-refractivity contribution >= 4 is 28.4 Å². The first-order chi connectivity index (χ1) is 18.4. The Hall–Kier alpha value is -0.766. The molecule has 0 amide bonds. The number of Topliss-reactive ketones (excluding diaryl/α,β-unsaturated/α-hetero) is 1. The van der Waals surface area contributed by atoms with Crippen LogP contribution in [0.25, 0.3) is 0 Å². The van der Waals surface area contributed by atoms with Crippen molar-refractivity contribution < 1.29 is 23.2 Å². The number of carbonyl (C=O) groups excluding carboxylic acids is 2. The molecule has 0 aliphatic heterocycles. The van der Waals surface area contributed by atoms with Crippen molar-refractivity contribution in [3.63, 3.8) is 0 Å². The second-order valence-corrected chi connectivity index (χ2v) is 24.6. The molecular weight excluding hydrogens is 533 g/mol. The molecule has 5 nitrogen and oxygen atoms in total. The molecule has 40 heavy (non-hydrogen) atoms. The SMILES string of the molecule is CCCCC[C@@H](/C=C/[C@H]1[C@H](O[Si](C)(C)C(C)(C)C)CC(=O)[C@@H]1CCCCCCC(=O)OC)O[Si](C)(C)C(C)(C)C. The molecule has 0 aromatic rings. The average Bonchev–Trinajstić information content (AvgIpc) is 3.10. The van der Waals surface area contributed by atoms with Crippen LogP contribution in [0.4, 0.5) is 0 Å². The van der Waals surface area contributed by atoms with Gasteiger partial charge in [0.2, 0.25) is 0 Å². The van der Waals surface area contributed by atoms with E-state index in [1.54, 1.807) is 0 Å². The fourth-order valence-electron chi connectivity index (χ4n) is 4.93. The van der Waals surface area contributed by atoms with E-state index in [4.69, 9.17) is 13.6 Å². The lowest BCUT2D eigenvalue weighted by Gasteiger charge is -2.40. The Kier molecular flexibility index (Phi) is 15.1. The van der Waals surface area contributed by atoms with Crippen molar-refractivity contribution in [3.05, 3.63) is 12.2 Å². The molecule has 0 bridgehead atoms. The van der Waals surface area contributed by atoms with E-state index < -0.39 is 16.6 Å². The molecule has 0 unspecified atom stereocenters. The van der Waals surface area contributed by atoms with Gasteiger partial charge < -0.3 is 13.6 Å². The van der Waals surface area contributed by atoms with Crippen LogP contribution in [0.1, 0.15) is 119 Å². The third kappa shape index (κ3) is 11.8. The molecule has 1 aliphatic carbocycles. The van der Waals surface area contributed by atoms with Crippen molar-refractivity contribution in [1.82, 2.24) is 0 Å². The van der Waals surface area contributed by atoms with Crippen molar-refractivity contribution in [2.75, 3.05) is 7.11 Å². The molecular formula is C33H64O5Si2. The molecule has 1 fully saturated rings. The Balaban J connectivity index is 3.14. The van der Waals surface area contributed by atoms with Crippen molar-refractivity contribution in [2.45, 2.75) is 168 Å². The topological polar surface area (TPSA) is 61.8 Å². The van der Waals surface area contributed by atoms with Crippen LogP contribution in [-0.2, 0) is 23.2 Å². The molecule has 1 aliphatic rings. The Labute approximate surface area is 249 Å². The highest BCUT2D eigenvalue weighted by Gasteiger charge is 2.47. The van der Waals surface area contributed by atoms with Crippen LogP contribution in [-0.4, -0.2) is 47.7 Å². The number of carbonyl (C=O) groups is 2. The van der Waals surface area contributed by atoms with Gasteiger partial charge in [-0.3, -0.25) is 9.59 Å². The summed E-state index contributed by atoms with van der Waals surface area (Å²) in [5, 5.41) is 0.244. The van der Waals surface area contributed by atoms with Crippen LogP contribution < -0.4 is 0 Å². The standard InChI is InChI=1S/C33H64O5Si2/c1-13-14-17-20-26(37-39(9,10)32(2,3)4)23-24-28-27(21-18-15-16-19-22-31(35)36-8)29(34)25-30(28)38-40(11,12)33(5,6)7/h23-24,26-28,30H,13-22,25H2,1-12H3/b24-23+/t26-,27+,28+,30+/m0/s1. The number of hydrogen-bond donors (Lipinski definition) is 0. The van der Waals surface area contributed by atoms with E-state index in [0.717, 1.165) is 44.9 Å². The highest BCUT2D eigenvalue weighted by molar-refractivity contribution is 6.74. The maximum absolute atomic E-state index is 13.4. The number of methoxy groups -OCH3 is 1. The number of esters is 1. The minimum atomic E-state index is -2.03. The van der Waals surface area contributed by atoms with Crippen LogP contribution >= 0.6 is 0 Å². The first-order valence-electron chi connectivity index (χ1n) is 16.0. The fourth-order valence-corrected chi connectivity index (χ4v) is 7.59. The van der Waals surface area contributed by atoms with E-state index in [0.29, 0.717) is 18.6 Å². The van der Waals surface area contributed by atoms with Crippen molar-refractivity contribution in [2.24, 2.45) is 11.8 Å². The predicted molar refractivity (Wildman–Crippen MR) is 174 cm³/mol. The lowest BCUT2D eigenvalue weighted by Crippen LogP contribution is -2.45. The Morgan fingerprint density at radius 3 is 2.08 bits per heavy atom. The number of hydrogen-bond acceptors (Lipinski definition) is 5. The van der Waals surface area contributed by atoms with Crippen LogP contribution in [0.2, 0.25) is 36.3 Å². The zero-order valence-electron chi connectivity index (χ0n) is 28.3. The minimum absolute atomic E-state index is 0.00390. The molecule has 0 aromatic carbocycles. The van der Waals surface area contributed by atoms with Gasteiger partial charge in [-0.2, -0.15) is 0 Å². The molecule has 1 saturated carbocycles. The zero-order valence-corrected chi connectivity index (χ0v) is 30.3. The molecule has 7 heteroatoms. The van der Waals surface area contributed by atoms with E-state index >= 15 is 0 Å². The monoisotopic (exact) mass is 596 g/mol. The van der Waals surface area contributed by atoms with E-state index in [-0.39, 0.29) is 40.1 Å². The van der Waals surface area contributed by atoms with Gasteiger partial charge in [0.05, 0.1) is 19.3 Å². The van der Waals surface area contributed by atoms with Gasteiger partial charge in [0, 0.05) is 24.7 Å². The largest absolute Gasteiger partial charge is 0.469 e. The molecule has 0 spiro atoms. The van der Waals surface area contributed by atoms with Gasteiger partial charge in [-0.05, 0) is 55.5 Å². The zero-order chi connectivity index (χ0) is 30.8. The molecule has 0 heterocycles. The summed E-state index contributed by atoms with van der Waals surface area (Å²) in [6.45, 7) is 25.2. The highest BCUT2D eigenvalue weighted by Crippen LogP contribution is 2.43. The van der Waals surface area contributed by atoms with Gasteiger partial charge in [0.25, 0.3) is 0 Å². The van der Waals surface area contributed by atoms with Gasteiger partial charge in [0.1, 0.15) is 5.78 Å². The first kappa shape index (κ1) is 37.3. The van der Waals surface area contributed by atoms with Crippen LogP contribution in [0.15, 0.2) is 12.2 Å². The number of ketones is 1. The van der Waals surface area contributed by atoms with Crippen LogP contribution in [0.5, 0.6) is 0 Å². The molecule has 1 rings (SSSR count). The second kappa shape index (κ2) is 16.2. The molecule has 234 valence electrons. The van der Waals surface area contributed by atoms with Gasteiger partial charge in [0.15, 0.2) is 16.6 Å². The van der Waals surface area contributed by atoms with Gasteiger partial charge >= 0.3 is 5.97 Å². The Morgan fingerprint density at radius 1 is 0.925 bits per heavy atom. The summed E-state index contributed by atoms with van der Waals surface area (Å²) >= 11 is 0. The Bertz CT molecular complexity index is 807. The summed E-state index contributed by atoms with van der Waals surface area (Å²) < 4.78 is 18.6. The quantitative estimate of drug-likeness (QED) is 0.0724. The lowest BCUT2D eigenvalue weighted by molar-refractivity contribution is -0.140. The van der Waals surface area contributed by atoms with Gasteiger partial charge in [-0.15, -0.1) is 0 Å². The van der Waals surface area contributed by atoms with E-state index in [2.05, 4.69) is 86.8 Å². The fraction of sp³-hybridized carbons (Fsp3) is 0.879. The highest BCUT2D eigenvalue weighted by atomic mass is 28.4. The van der Waals surface area contributed by atoms with Gasteiger partial charge in [-0.25, -0.2) is 0 Å². The summed E-state index contributed by atoms with van der Waals surface area (Å²) in [5.41, 5.74) is 0. The van der Waals surface area contributed by atoms with Crippen molar-refractivity contribution in [1.29, 1.82) is 0 Å². The third-order valence-electron chi connectivity index (χ3n) is 9.73. The summed E-state index contributed by atoms with van der Waals surface area (Å²) in [6.07, 6.45) is 14.9. The summed E-state index contributed by atoms with van der Waals surface area (Å²) in [4.78, 5) is 24.8. The second-order valence-electron chi connectivity index (χ2n) is 15.1. The molecule has 4 atom stereocenters.